The zero-order valence-electron chi connectivity index (χ0n) is 17.6. The number of amides is 2. The quantitative estimate of drug-likeness (QED) is 0.656. The van der Waals surface area contributed by atoms with Crippen molar-refractivity contribution < 1.29 is 18.5 Å². The van der Waals surface area contributed by atoms with E-state index < -0.39 is 0 Å². The van der Waals surface area contributed by atoms with E-state index in [-0.39, 0.29) is 17.2 Å². The number of para-hydroxylation sites is 1. The lowest BCUT2D eigenvalue weighted by Crippen LogP contribution is -2.50. The van der Waals surface area contributed by atoms with Gasteiger partial charge in [-0.15, -0.1) is 0 Å². The van der Waals surface area contributed by atoms with Crippen LogP contribution >= 0.6 is 0 Å². The summed E-state index contributed by atoms with van der Waals surface area (Å²) in [5, 5.41) is 4.90. The molecule has 30 heavy (non-hydrogen) atoms. The second-order valence-corrected chi connectivity index (χ2v) is 8.58. The summed E-state index contributed by atoms with van der Waals surface area (Å²) in [5.41, 5.74) is 0.513. The molecule has 0 N–H and O–H groups in total. The first-order chi connectivity index (χ1) is 14.3. The number of nitrogens with zero attached hydrogens (tertiary/aromatic N) is 4. The lowest BCUT2D eigenvalue weighted by Gasteiger charge is -2.34. The van der Waals surface area contributed by atoms with Crippen molar-refractivity contribution in [3.05, 3.63) is 47.8 Å². The van der Waals surface area contributed by atoms with Crippen molar-refractivity contribution in [2.75, 3.05) is 26.2 Å². The van der Waals surface area contributed by atoms with Crippen molar-refractivity contribution in [2.24, 2.45) is 0 Å². The molecule has 8 heteroatoms. The molecule has 0 aliphatic carbocycles. The first kappa shape index (κ1) is 20.1. The topological polar surface area (TPSA) is 92.7 Å². The van der Waals surface area contributed by atoms with Gasteiger partial charge >= 0.3 is 0 Å². The Labute approximate surface area is 174 Å². The van der Waals surface area contributed by atoms with Gasteiger partial charge in [-0.25, -0.2) is 0 Å². The molecule has 0 saturated carbocycles. The predicted molar refractivity (Wildman–Crippen MR) is 110 cm³/mol. The molecule has 8 nitrogen and oxygen atoms in total. The van der Waals surface area contributed by atoms with Crippen molar-refractivity contribution in [2.45, 2.75) is 39.0 Å². The molecule has 1 aliphatic rings. The third kappa shape index (κ3) is 4.22. The molecule has 0 unspecified atom stereocenters. The number of fused-ring (bicyclic) bond motifs is 1. The Morgan fingerprint density at radius 3 is 2.43 bits per heavy atom. The Bertz CT molecular complexity index is 1020. The van der Waals surface area contributed by atoms with Crippen LogP contribution in [0.15, 0.2) is 39.3 Å². The minimum Gasteiger partial charge on any atom is -0.451 e. The van der Waals surface area contributed by atoms with Gasteiger partial charge in [0.1, 0.15) is 5.58 Å². The largest absolute Gasteiger partial charge is 0.451 e. The maximum atomic E-state index is 12.7. The van der Waals surface area contributed by atoms with Crippen molar-refractivity contribution in [3.63, 3.8) is 0 Å². The summed E-state index contributed by atoms with van der Waals surface area (Å²) in [6, 6.07) is 9.32. The van der Waals surface area contributed by atoms with E-state index in [0.29, 0.717) is 62.1 Å². The number of furan rings is 1. The van der Waals surface area contributed by atoms with Gasteiger partial charge < -0.3 is 18.7 Å². The van der Waals surface area contributed by atoms with Crippen LogP contribution in [0.3, 0.4) is 0 Å². The third-order valence-electron chi connectivity index (χ3n) is 5.25. The summed E-state index contributed by atoms with van der Waals surface area (Å²) in [7, 11) is 0. The van der Waals surface area contributed by atoms with Crippen LogP contribution in [0.1, 0.15) is 49.5 Å². The first-order valence-corrected chi connectivity index (χ1v) is 10.2. The highest BCUT2D eigenvalue weighted by atomic mass is 16.5. The molecule has 0 spiro atoms. The van der Waals surface area contributed by atoms with Gasteiger partial charge in [0, 0.05) is 49.8 Å². The van der Waals surface area contributed by atoms with Crippen LogP contribution < -0.4 is 0 Å². The van der Waals surface area contributed by atoms with Crippen molar-refractivity contribution in [3.8, 4) is 0 Å². The van der Waals surface area contributed by atoms with Gasteiger partial charge in [0.05, 0.1) is 0 Å². The highest BCUT2D eigenvalue weighted by Gasteiger charge is 2.27. The number of carbonyl (C=O) groups excluding carboxylic acids is 2. The van der Waals surface area contributed by atoms with E-state index in [1.165, 1.54) is 0 Å². The van der Waals surface area contributed by atoms with E-state index in [1.54, 1.807) is 15.9 Å². The van der Waals surface area contributed by atoms with Gasteiger partial charge in [0.2, 0.25) is 11.8 Å². The Hall–Kier alpha value is -3.16. The fourth-order valence-corrected chi connectivity index (χ4v) is 3.44. The predicted octanol–water partition coefficient (Wildman–Crippen LogP) is 3.03. The summed E-state index contributed by atoms with van der Waals surface area (Å²) in [6.07, 6.45) is 0.726. The summed E-state index contributed by atoms with van der Waals surface area (Å²) < 4.78 is 10.9. The molecule has 1 fully saturated rings. The molecule has 1 aliphatic heterocycles. The molecule has 0 bridgehead atoms. The van der Waals surface area contributed by atoms with E-state index in [4.69, 9.17) is 8.94 Å². The molecule has 3 heterocycles. The number of benzene rings is 1. The van der Waals surface area contributed by atoms with Gasteiger partial charge in [-0.1, -0.05) is 44.1 Å². The molecule has 3 aromatic rings. The van der Waals surface area contributed by atoms with Crippen LogP contribution in [-0.2, 0) is 16.6 Å². The molecular formula is C22H26N4O4. The first-order valence-electron chi connectivity index (χ1n) is 10.2. The molecule has 4 rings (SSSR count). The van der Waals surface area contributed by atoms with Gasteiger partial charge in [0.25, 0.3) is 5.91 Å². The molecule has 1 saturated heterocycles. The van der Waals surface area contributed by atoms with E-state index in [2.05, 4.69) is 10.1 Å². The number of aryl methyl sites for hydroxylation is 1. The van der Waals surface area contributed by atoms with E-state index in [0.717, 1.165) is 5.39 Å². The molecule has 0 radical (unpaired) electrons. The van der Waals surface area contributed by atoms with Crippen LogP contribution in [0, 0.1) is 0 Å². The fourth-order valence-electron chi connectivity index (χ4n) is 3.44. The number of carbonyl (C=O) groups is 2. The lowest BCUT2D eigenvalue weighted by atomic mass is 9.96. The van der Waals surface area contributed by atoms with Gasteiger partial charge in [-0.3, -0.25) is 9.59 Å². The maximum absolute atomic E-state index is 12.7. The molecular weight excluding hydrogens is 384 g/mol. The van der Waals surface area contributed by atoms with Crippen LogP contribution in [0.25, 0.3) is 11.0 Å². The minimum absolute atomic E-state index is 0.0290. The zero-order valence-corrected chi connectivity index (χ0v) is 17.6. The van der Waals surface area contributed by atoms with Crippen LogP contribution in [0.4, 0.5) is 0 Å². The van der Waals surface area contributed by atoms with Gasteiger partial charge in [-0.2, -0.15) is 4.98 Å². The van der Waals surface area contributed by atoms with Crippen molar-refractivity contribution in [1.29, 1.82) is 0 Å². The second kappa shape index (κ2) is 7.93. The molecule has 2 amide bonds. The average molecular weight is 410 g/mol. The molecule has 0 atom stereocenters. The maximum Gasteiger partial charge on any atom is 0.289 e. The van der Waals surface area contributed by atoms with Crippen LogP contribution in [-0.4, -0.2) is 57.9 Å². The number of hydrogen-bond acceptors (Lipinski definition) is 6. The number of aromatic nitrogens is 2. The Kier molecular flexibility index (Phi) is 5.32. The summed E-state index contributed by atoms with van der Waals surface area (Å²) in [4.78, 5) is 33.2. The minimum atomic E-state index is -0.186. The monoisotopic (exact) mass is 410 g/mol. The SMILES string of the molecule is CC(C)(C)c1noc(CCC(=O)N2CCN(C(=O)c3cc4ccccc4o3)CC2)n1. The molecule has 1 aromatic carbocycles. The summed E-state index contributed by atoms with van der Waals surface area (Å²) in [6.45, 7) is 8.01. The van der Waals surface area contributed by atoms with Crippen LogP contribution in [0.5, 0.6) is 0 Å². The fraction of sp³-hybridized carbons (Fsp3) is 0.455. The summed E-state index contributed by atoms with van der Waals surface area (Å²) >= 11 is 0. The highest BCUT2D eigenvalue weighted by molar-refractivity contribution is 5.96. The van der Waals surface area contributed by atoms with E-state index in [1.807, 2.05) is 45.0 Å². The lowest BCUT2D eigenvalue weighted by molar-refractivity contribution is -0.132. The van der Waals surface area contributed by atoms with Crippen molar-refractivity contribution >= 4 is 22.8 Å². The summed E-state index contributed by atoms with van der Waals surface area (Å²) in [5.74, 6) is 1.34. The Morgan fingerprint density at radius 2 is 1.77 bits per heavy atom. The number of rotatable bonds is 4. The Morgan fingerprint density at radius 1 is 1.07 bits per heavy atom. The number of piperazine rings is 1. The van der Waals surface area contributed by atoms with Crippen molar-refractivity contribution in [1.82, 2.24) is 19.9 Å². The second-order valence-electron chi connectivity index (χ2n) is 8.58. The smallest absolute Gasteiger partial charge is 0.289 e. The average Bonchev–Trinajstić information content (AvgIpc) is 3.38. The normalized spacial score (nSPS) is 15.0. The molecule has 158 valence electrons. The van der Waals surface area contributed by atoms with E-state index >= 15 is 0 Å². The number of hydrogen-bond donors (Lipinski definition) is 0. The standard InChI is InChI=1S/C22H26N4O4/c1-22(2,3)21-23-18(30-24-21)8-9-19(27)25-10-12-26(13-11-25)20(28)17-14-15-6-4-5-7-16(15)29-17/h4-7,14H,8-13H2,1-3H3. The Balaban J connectivity index is 1.29. The third-order valence-corrected chi connectivity index (χ3v) is 5.25. The highest BCUT2D eigenvalue weighted by Crippen LogP contribution is 2.21. The molecule has 2 aromatic heterocycles. The van der Waals surface area contributed by atoms with Gasteiger partial charge in [0.15, 0.2) is 11.6 Å². The van der Waals surface area contributed by atoms with Crippen LogP contribution in [0.2, 0.25) is 0 Å². The zero-order chi connectivity index (χ0) is 21.3. The van der Waals surface area contributed by atoms with Gasteiger partial charge in [-0.05, 0) is 12.1 Å². The van der Waals surface area contributed by atoms with E-state index in [9.17, 15) is 9.59 Å².